The molecule has 0 radical (unpaired) electrons. The summed E-state index contributed by atoms with van der Waals surface area (Å²) < 4.78 is 5.81. The first-order chi connectivity index (χ1) is 7.90. The molecule has 0 aromatic heterocycles. The minimum atomic E-state index is 0.861. The van der Waals surface area contributed by atoms with Crippen molar-refractivity contribution < 1.29 is 4.74 Å². The van der Waals surface area contributed by atoms with Gasteiger partial charge in [-0.05, 0) is 25.1 Å². The van der Waals surface area contributed by atoms with E-state index in [1.165, 1.54) is 0 Å². The second kappa shape index (κ2) is 5.17. The summed E-state index contributed by atoms with van der Waals surface area (Å²) in [5.74, 6) is 1.74. The van der Waals surface area contributed by atoms with Gasteiger partial charge >= 0.3 is 0 Å². The minimum absolute atomic E-state index is 0.861. The second-order valence-electron chi connectivity index (χ2n) is 3.45. The van der Waals surface area contributed by atoms with Crippen LogP contribution >= 0.6 is 0 Å². The second-order valence-corrected chi connectivity index (χ2v) is 3.45. The Bertz CT molecular complexity index is 472. The summed E-state index contributed by atoms with van der Waals surface area (Å²) in [6.07, 6.45) is 4.05. The number of benzene rings is 2. The number of hydrogen-bond donors (Lipinski definition) is 0. The molecule has 0 saturated carbocycles. The third-order valence-electron chi connectivity index (χ3n) is 2.24. The summed E-state index contributed by atoms with van der Waals surface area (Å²) in [6.45, 7) is 2.00. The Morgan fingerprint density at radius 1 is 0.875 bits per heavy atom. The molecule has 0 N–H and O–H groups in total. The van der Waals surface area contributed by atoms with Crippen molar-refractivity contribution in [2.24, 2.45) is 0 Å². The molecule has 0 saturated heterocycles. The average molecular weight is 210 g/mol. The maximum Gasteiger partial charge on any atom is 0.134 e. The summed E-state index contributed by atoms with van der Waals surface area (Å²) in [5.41, 5.74) is 1.09. The van der Waals surface area contributed by atoms with Crippen LogP contribution in [0.1, 0.15) is 12.5 Å². The van der Waals surface area contributed by atoms with E-state index in [2.05, 4.69) is 0 Å². The first kappa shape index (κ1) is 10.5. The molecular weight excluding hydrogens is 196 g/mol. The Balaban J connectivity index is 2.28. The molecule has 0 heterocycles. The van der Waals surface area contributed by atoms with E-state index in [4.69, 9.17) is 4.74 Å². The quantitative estimate of drug-likeness (QED) is 0.724. The van der Waals surface area contributed by atoms with Crippen molar-refractivity contribution in [3.05, 3.63) is 66.2 Å². The molecule has 0 aliphatic heterocycles. The van der Waals surface area contributed by atoms with Gasteiger partial charge in [0, 0.05) is 5.56 Å². The van der Waals surface area contributed by atoms with Gasteiger partial charge in [0.1, 0.15) is 11.5 Å². The van der Waals surface area contributed by atoms with Crippen LogP contribution in [0, 0.1) is 0 Å². The Morgan fingerprint density at radius 3 is 2.31 bits per heavy atom. The predicted molar refractivity (Wildman–Crippen MR) is 67.7 cm³/mol. The van der Waals surface area contributed by atoms with Crippen LogP contribution in [0.5, 0.6) is 11.5 Å². The Hall–Kier alpha value is -2.02. The zero-order valence-corrected chi connectivity index (χ0v) is 9.26. The summed E-state index contributed by atoms with van der Waals surface area (Å²) in [5, 5.41) is 0. The number of hydrogen-bond acceptors (Lipinski definition) is 1. The van der Waals surface area contributed by atoms with Crippen LogP contribution in [0.15, 0.2) is 60.7 Å². The van der Waals surface area contributed by atoms with Gasteiger partial charge in [-0.15, -0.1) is 0 Å². The highest BCUT2D eigenvalue weighted by Gasteiger charge is 2.00. The molecule has 0 aliphatic rings. The summed E-state index contributed by atoms with van der Waals surface area (Å²) >= 11 is 0. The maximum absolute atomic E-state index is 5.81. The molecule has 1 heteroatoms. The van der Waals surface area contributed by atoms with E-state index >= 15 is 0 Å². The lowest BCUT2D eigenvalue weighted by molar-refractivity contribution is 0.481. The van der Waals surface area contributed by atoms with E-state index in [0.717, 1.165) is 17.1 Å². The predicted octanol–water partition coefficient (Wildman–Crippen LogP) is 4.51. The Morgan fingerprint density at radius 2 is 1.56 bits per heavy atom. The highest BCUT2D eigenvalue weighted by atomic mass is 16.5. The third kappa shape index (κ3) is 2.51. The highest BCUT2D eigenvalue weighted by Crippen LogP contribution is 2.25. The van der Waals surface area contributed by atoms with Crippen LogP contribution in [-0.4, -0.2) is 0 Å². The van der Waals surface area contributed by atoms with Gasteiger partial charge in [-0.1, -0.05) is 48.6 Å². The lowest BCUT2D eigenvalue weighted by Crippen LogP contribution is -1.86. The van der Waals surface area contributed by atoms with Crippen LogP contribution < -0.4 is 4.74 Å². The van der Waals surface area contributed by atoms with Crippen LogP contribution in [0.4, 0.5) is 0 Å². The number of ether oxygens (including phenoxy) is 1. The van der Waals surface area contributed by atoms with Crippen LogP contribution in [0.25, 0.3) is 6.08 Å². The zero-order valence-electron chi connectivity index (χ0n) is 9.26. The van der Waals surface area contributed by atoms with Crippen molar-refractivity contribution in [3.63, 3.8) is 0 Å². The molecule has 2 aromatic carbocycles. The third-order valence-corrected chi connectivity index (χ3v) is 2.24. The summed E-state index contributed by atoms with van der Waals surface area (Å²) in [4.78, 5) is 0. The molecule has 0 unspecified atom stereocenters. The van der Waals surface area contributed by atoms with Crippen LogP contribution in [-0.2, 0) is 0 Å². The van der Waals surface area contributed by atoms with Gasteiger partial charge in [0.25, 0.3) is 0 Å². The average Bonchev–Trinajstić information content (AvgIpc) is 2.33. The van der Waals surface area contributed by atoms with Crippen molar-refractivity contribution in [2.75, 3.05) is 0 Å². The van der Waals surface area contributed by atoms with Gasteiger partial charge < -0.3 is 4.74 Å². The van der Waals surface area contributed by atoms with Gasteiger partial charge in [0.05, 0.1) is 0 Å². The van der Waals surface area contributed by atoms with Crippen LogP contribution in [0.3, 0.4) is 0 Å². The van der Waals surface area contributed by atoms with Crippen LogP contribution in [0.2, 0.25) is 0 Å². The topological polar surface area (TPSA) is 9.23 Å². The molecule has 16 heavy (non-hydrogen) atoms. The smallest absolute Gasteiger partial charge is 0.134 e. The summed E-state index contributed by atoms with van der Waals surface area (Å²) in [6, 6.07) is 17.8. The SMILES string of the molecule is C/C=C/c1ccccc1Oc1ccccc1. The molecule has 80 valence electrons. The van der Waals surface area contributed by atoms with Crippen molar-refractivity contribution in [3.8, 4) is 11.5 Å². The Labute approximate surface area is 96.0 Å². The maximum atomic E-state index is 5.81. The molecule has 0 bridgehead atoms. The lowest BCUT2D eigenvalue weighted by Gasteiger charge is -2.08. The van der Waals surface area contributed by atoms with Gasteiger partial charge in [-0.25, -0.2) is 0 Å². The molecule has 0 spiro atoms. The number of para-hydroxylation sites is 2. The molecular formula is C15H14O. The van der Waals surface area contributed by atoms with E-state index in [1.807, 2.05) is 73.7 Å². The minimum Gasteiger partial charge on any atom is -0.457 e. The van der Waals surface area contributed by atoms with E-state index in [-0.39, 0.29) is 0 Å². The fourth-order valence-corrected chi connectivity index (χ4v) is 1.51. The van der Waals surface area contributed by atoms with E-state index in [0.29, 0.717) is 0 Å². The molecule has 1 nitrogen and oxygen atoms in total. The number of rotatable bonds is 3. The van der Waals surface area contributed by atoms with Crippen molar-refractivity contribution in [2.45, 2.75) is 6.92 Å². The summed E-state index contributed by atoms with van der Waals surface area (Å²) in [7, 11) is 0. The van der Waals surface area contributed by atoms with Gasteiger partial charge in [-0.3, -0.25) is 0 Å². The first-order valence-electron chi connectivity index (χ1n) is 5.35. The first-order valence-corrected chi connectivity index (χ1v) is 5.35. The Kier molecular flexibility index (Phi) is 3.39. The van der Waals surface area contributed by atoms with E-state index in [9.17, 15) is 0 Å². The van der Waals surface area contributed by atoms with E-state index < -0.39 is 0 Å². The van der Waals surface area contributed by atoms with Gasteiger partial charge in [-0.2, -0.15) is 0 Å². The van der Waals surface area contributed by atoms with Crippen molar-refractivity contribution in [1.29, 1.82) is 0 Å². The van der Waals surface area contributed by atoms with Crippen molar-refractivity contribution in [1.82, 2.24) is 0 Å². The highest BCUT2D eigenvalue weighted by molar-refractivity contribution is 5.57. The molecule has 0 amide bonds. The molecule has 0 aliphatic carbocycles. The van der Waals surface area contributed by atoms with E-state index in [1.54, 1.807) is 0 Å². The molecule has 2 rings (SSSR count). The van der Waals surface area contributed by atoms with Gasteiger partial charge in [0.15, 0.2) is 0 Å². The largest absolute Gasteiger partial charge is 0.457 e. The monoisotopic (exact) mass is 210 g/mol. The fraction of sp³-hybridized carbons (Fsp3) is 0.0667. The number of allylic oxidation sites excluding steroid dienone is 1. The fourth-order valence-electron chi connectivity index (χ4n) is 1.51. The molecule has 0 fully saturated rings. The lowest BCUT2D eigenvalue weighted by atomic mass is 10.2. The zero-order chi connectivity index (χ0) is 11.2. The standard InChI is InChI=1S/C15H14O/c1-2-8-13-9-6-7-12-15(13)16-14-10-4-3-5-11-14/h2-12H,1H3/b8-2+. The van der Waals surface area contributed by atoms with Gasteiger partial charge in [0.2, 0.25) is 0 Å². The molecule has 2 aromatic rings. The normalized spacial score (nSPS) is 10.6. The van der Waals surface area contributed by atoms with Crippen molar-refractivity contribution >= 4 is 6.08 Å². The molecule has 0 atom stereocenters.